The predicted molar refractivity (Wildman–Crippen MR) is 126 cm³/mol. The second-order valence-corrected chi connectivity index (χ2v) is 7.64. The molecule has 0 spiro atoms. The minimum atomic E-state index is -1.23. The molecular formula is C25H19N3O4S. The van der Waals surface area contributed by atoms with E-state index in [4.69, 9.17) is 4.74 Å². The number of amides is 1. The van der Waals surface area contributed by atoms with Crippen molar-refractivity contribution >= 4 is 29.5 Å². The lowest BCUT2D eigenvalue weighted by Crippen LogP contribution is -2.27. The molecule has 0 unspecified atom stereocenters. The van der Waals surface area contributed by atoms with Gasteiger partial charge in [0.2, 0.25) is 0 Å². The average molecular weight is 458 g/mol. The van der Waals surface area contributed by atoms with Crippen LogP contribution < -0.4 is 10.1 Å². The van der Waals surface area contributed by atoms with Crippen molar-refractivity contribution in [1.82, 2.24) is 14.9 Å². The van der Waals surface area contributed by atoms with Crippen molar-refractivity contribution in [3.63, 3.8) is 0 Å². The molecule has 0 fully saturated rings. The van der Waals surface area contributed by atoms with Crippen molar-refractivity contribution in [2.45, 2.75) is 6.61 Å². The summed E-state index contributed by atoms with van der Waals surface area (Å²) >= 11 is 1.31. The molecule has 4 aromatic rings. The molecular weight excluding hydrogens is 438 g/mol. The van der Waals surface area contributed by atoms with E-state index in [1.165, 1.54) is 17.6 Å². The topological polar surface area (TPSA) is 101 Å². The lowest BCUT2D eigenvalue weighted by molar-refractivity contribution is -0.132. The molecule has 7 nitrogen and oxygen atoms in total. The Bertz CT molecular complexity index is 1250. The van der Waals surface area contributed by atoms with Crippen molar-refractivity contribution in [2.75, 3.05) is 0 Å². The van der Waals surface area contributed by atoms with Gasteiger partial charge in [-0.15, -0.1) is 5.10 Å². The van der Waals surface area contributed by atoms with Gasteiger partial charge in [-0.3, -0.25) is 4.79 Å². The molecule has 0 saturated carbocycles. The van der Waals surface area contributed by atoms with Gasteiger partial charge in [0.15, 0.2) is 0 Å². The van der Waals surface area contributed by atoms with Crippen LogP contribution in [0.4, 0.5) is 0 Å². The number of benzene rings is 3. The number of rotatable bonds is 8. The first-order chi connectivity index (χ1) is 16.1. The largest absolute Gasteiger partial charge is 0.489 e. The molecule has 0 atom stereocenters. The number of aromatic nitrogens is 2. The van der Waals surface area contributed by atoms with Crippen molar-refractivity contribution in [2.24, 2.45) is 0 Å². The third kappa shape index (κ3) is 5.90. The first-order valence-electron chi connectivity index (χ1n) is 9.99. The van der Waals surface area contributed by atoms with Crippen molar-refractivity contribution in [1.29, 1.82) is 0 Å². The first kappa shape index (κ1) is 21.9. The molecule has 1 amide bonds. The summed E-state index contributed by atoms with van der Waals surface area (Å²) in [5.74, 6) is -1.07. The van der Waals surface area contributed by atoms with Gasteiger partial charge < -0.3 is 15.2 Å². The van der Waals surface area contributed by atoms with E-state index in [0.29, 0.717) is 23.5 Å². The maximum atomic E-state index is 12.3. The molecule has 1 aromatic heterocycles. The summed E-state index contributed by atoms with van der Waals surface area (Å²) in [6.45, 7) is 0.387. The van der Waals surface area contributed by atoms with Crippen molar-refractivity contribution < 1.29 is 19.4 Å². The van der Waals surface area contributed by atoms with E-state index in [2.05, 4.69) is 14.9 Å². The predicted octanol–water partition coefficient (Wildman–Crippen LogP) is 4.64. The number of hydrogen-bond acceptors (Lipinski definition) is 6. The molecule has 4 rings (SSSR count). The van der Waals surface area contributed by atoms with Gasteiger partial charge in [0.1, 0.15) is 23.7 Å². The Balaban J connectivity index is 1.37. The summed E-state index contributed by atoms with van der Waals surface area (Å²) in [4.78, 5) is 23.9. The van der Waals surface area contributed by atoms with Crippen molar-refractivity contribution in [3.8, 4) is 17.0 Å². The summed E-state index contributed by atoms with van der Waals surface area (Å²) in [6.07, 6.45) is 1.40. The fourth-order valence-corrected chi connectivity index (χ4v) is 3.46. The highest BCUT2D eigenvalue weighted by molar-refractivity contribution is 7.03. The first-order valence-corrected chi connectivity index (χ1v) is 10.8. The molecule has 8 heteroatoms. The average Bonchev–Trinajstić information content (AvgIpc) is 3.39. The van der Waals surface area contributed by atoms with Crippen molar-refractivity contribution in [3.05, 3.63) is 107 Å². The molecule has 0 radical (unpaired) electrons. The number of ether oxygens (including phenoxy) is 1. The van der Waals surface area contributed by atoms with Crippen LogP contribution in [0.3, 0.4) is 0 Å². The highest BCUT2D eigenvalue weighted by Crippen LogP contribution is 2.20. The number of carboxylic acids is 1. The van der Waals surface area contributed by atoms with E-state index >= 15 is 0 Å². The van der Waals surface area contributed by atoms with E-state index in [1.807, 2.05) is 29.6 Å². The molecule has 0 saturated heterocycles. The Morgan fingerprint density at radius 2 is 1.70 bits per heavy atom. The summed E-state index contributed by atoms with van der Waals surface area (Å²) in [5, 5.41) is 17.8. The van der Waals surface area contributed by atoms with Gasteiger partial charge in [-0.25, -0.2) is 4.79 Å². The Labute approximate surface area is 194 Å². The quantitative estimate of drug-likeness (QED) is 0.374. The zero-order valence-corrected chi connectivity index (χ0v) is 18.2. The number of aliphatic carboxylic acids is 1. The summed E-state index contributed by atoms with van der Waals surface area (Å²) < 4.78 is 9.69. The van der Waals surface area contributed by atoms with Gasteiger partial charge in [0.05, 0.1) is 0 Å². The summed E-state index contributed by atoms with van der Waals surface area (Å²) in [7, 11) is 0. The zero-order chi connectivity index (χ0) is 23.0. The van der Waals surface area contributed by atoms with Crippen LogP contribution in [-0.2, 0) is 11.4 Å². The second kappa shape index (κ2) is 10.3. The van der Waals surface area contributed by atoms with Gasteiger partial charge in [0.25, 0.3) is 5.91 Å². The van der Waals surface area contributed by atoms with Crippen LogP contribution in [-0.4, -0.2) is 26.6 Å². The normalized spacial score (nSPS) is 11.1. The number of nitrogens with zero attached hydrogens (tertiary/aromatic N) is 2. The lowest BCUT2D eigenvalue weighted by Gasteiger charge is -2.08. The molecule has 0 aliphatic heterocycles. The summed E-state index contributed by atoms with van der Waals surface area (Å²) in [5.41, 5.74) is 3.63. The van der Waals surface area contributed by atoms with Crippen LogP contribution in [0.1, 0.15) is 21.5 Å². The molecule has 0 aliphatic carbocycles. The Kier molecular flexibility index (Phi) is 6.87. The standard InChI is InChI=1S/C25H19N3O4S/c29-24(20-4-2-1-3-5-20)26-22(25(30)31)14-17-8-12-21(13-9-17)32-15-18-6-10-19(11-7-18)23-16-33-28-27-23/h1-14,16H,15H2,(H,26,29)(H,30,31). The maximum absolute atomic E-state index is 12.3. The highest BCUT2D eigenvalue weighted by Gasteiger charge is 2.13. The van der Waals surface area contributed by atoms with Crippen LogP contribution in [0.25, 0.3) is 17.3 Å². The minimum Gasteiger partial charge on any atom is -0.489 e. The number of nitrogens with one attached hydrogen (secondary N) is 1. The molecule has 2 N–H and O–H groups in total. The van der Waals surface area contributed by atoms with Gasteiger partial charge >= 0.3 is 5.97 Å². The number of hydrogen-bond donors (Lipinski definition) is 2. The molecule has 33 heavy (non-hydrogen) atoms. The third-order valence-electron chi connectivity index (χ3n) is 4.72. The second-order valence-electron chi connectivity index (χ2n) is 7.03. The minimum absolute atomic E-state index is 0.215. The third-order valence-corrected chi connectivity index (χ3v) is 5.23. The van der Waals surface area contributed by atoms with E-state index in [0.717, 1.165) is 16.8 Å². The van der Waals surface area contributed by atoms with Gasteiger partial charge in [0, 0.05) is 16.5 Å². The Morgan fingerprint density at radius 3 is 2.33 bits per heavy atom. The fraction of sp³-hybridized carbons (Fsp3) is 0.0400. The maximum Gasteiger partial charge on any atom is 0.352 e. The van der Waals surface area contributed by atoms with Crippen LogP contribution >= 0.6 is 11.5 Å². The zero-order valence-electron chi connectivity index (χ0n) is 17.3. The Morgan fingerprint density at radius 1 is 0.970 bits per heavy atom. The lowest BCUT2D eigenvalue weighted by atomic mass is 10.1. The number of carbonyl (C=O) groups is 2. The van der Waals surface area contributed by atoms with Crippen LogP contribution in [0.15, 0.2) is 89.9 Å². The van der Waals surface area contributed by atoms with E-state index in [1.54, 1.807) is 54.6 Å². The number of carboxylic acid groups (broad SMARTS) is 1. The van der Waals surface area contributed by atoms with Gasteiger partial charge in [-0.05, 0) is 53.0 Å². The monoisotopic (exact) mass is 457 g/mol. The van der Waals surface area contributed by atoms with Crippen LogP contribution in [0, 0.1) is 0 Å². The van der Waals surface area contributed by atoms with E-state index in [-0.39, 0.29) is 5.70 Å². The molecule has 1 heterocycles. The molecule has 0 aliphatic rings. The highest BCUT2D eigenvalue weighted by atomic mass is 32.1. The molecule has 3 aromatic carbocycles. The smallest absolute Gasteiger partial charge is 0.352 e. The van der Waals surface area contributed by atoms with Crippen LogP contribution in [0.5, 0.6) is 5.75 Å². The molecule has 0 bridgehead atoms. The van der Waals surface area contributed by atoms with E-state index < -0.39 is 11.9 Å². The van der Waals surface area contributed by atoms with E-state index in [9.17, 15) is 14.7 Å². The van der Waals surface area contributed by atoms with Crippen LogP contribution in [0.2, 0.25) is 0 Å². The fourth-order valence-electron chi connectivity index (χ4n) is 2.99. The Hall–Kier alpha value is -4.30. The number of carbonyl (C=O) groups excluding carboxylic acids is 1. The SMILES string of the molecule is O=C(O)C(=Cc1ccc(OCc2ccc(-c3csnn3)cc2)cc1)NC(=O)c1ccccc1. The van der Waals surface area contributed by atoms with Gasteiger partial charge in [-0.2, -0.15) is 0 Å². The molecule has 164 valence electrons. The summed E-state index contributed by atoms with van der Waals surface area (Å²) in [6, 6.07) is 23.3. The van der Waals surface area contributed by atoms with Gasteiger partial charge in [-0.1, -0.05) is 59.1 Å².